The largest absolute Gasteiger partial charge is 0.379 e. The summed E-state index contributed by atoms with van der Waals surface area (Å²) in [7, 11) is 8.53. The van der Waals surface area contributed by atoms with Crippen molar-refractivity contribution in [3.63, 3.8) is 0 Å². The third-order valence-corrected chi connectivity index (χ3v) is 12.3. The number of likely N-dealkylation sites (tertiary alicyclic amines) is 1. The minimum absolute atomic E-state index is 0.00242. The molecule has 1 fully saturated rings. The van der Waals surface area contributed by atoms with Crippen LogP contribution in [0, 0.1) is 23.7 Å². The van der Waals surface area contributed by atoms with E-state index in [1.165, 1.54) is 0 Å². The highest BCUT2D eigenvalue weighted by Crippen LogP contribution is 2.30. The van der Waals surface area contributed by atoms with Gasteiger partial charge in [-0.25, -0.2) is 0 Å². The maximum absolute atomic E-state index is 14.4. The number of carbonyl (C=O) groups excluding carboxylic acids is 5. The lowest BCUT2D eigenvalue weighted by Crippen LogP contribution is -2.59. The molecule has 9 atom stereocenters. The van der Waals surface area contributed by atoms with Gasteiger partial charge in [-0.05, 0) is 63.1 Å². The predicted molar refractivity (Wildman–Crippen MR) is 246 cm³/mol. The van der Waals surface area contributed by atoms with Crippen molar-refractivity contribution in [1.29, 1.82) is 0 Å². The number of ether oxygens (including phenoxy) is 4. The van der Waals surface area contributed by atoms with Crippen LogP contribution in [0.15, 0.2) is 30.3 Å². The summed E-state index contributed by atoms with van der Waals surface area (Å²) in [6.07, 6.45) is 1.70. The van der Waals surface area contributed by atoms with Crippen LogP contribution in [-0.4, -0.2) is 168 Å². The fraction of sp³-hybridized carbons (Fsp3) is 0.766. The molecular weight excluding hydrogens is 807 g/mol. The molecule has 360 valence electrons. The standard InChI is InChI=1S/C47H83N7O9/c1-13-33(6)42(53(10)47(59)40(31(2)3)51-46(58)41(32(4)5)52(8)9)38(60-11)30-39(55)54-25-17-20-37(54)43(61-12)34(7)44(56)50-36(22-21-35-18-15-14-16-19-35)45(57)49-24-27-63-29-28-62-26-23-48/h14-16,18-19,31-34,36-38,40-43H,13,17,20-30,48H2,1-12H3,(H,49,57)(H,50,56)(H,51,58)/t33-,34+,36+,37-,38+,40+,41-,42-,43+/m0/s1. The minimum Gasteiger partial charge on any atom is -0.379 e. The number of hydrogen-bond acceptors (Lipinski definition) is 11. The lowest BCUT2D eigenvalue weighted by molar-refractivity contribution is -0.148. The van der Waals surface area contributed by atoms with Crippen molar-refractivity contribution in [1.82, 2.24) is 30.7 Å². The van der Waals surface area contributed by atoms with E-state index in [0.717, 1.165) is 18.4 Å². The number of amides is 5. The Balaban J connectivity index is 2.24. The highest BCUT2D eigenvalue weighted by Gasteiger charge is 2.43. The number of benzene rings is 1. The van der Waals surface area contributed by atoms with Crippen LogP contribution in [0.3, 0.4) is 0 Å². The molecule has 1 aliphatic rings. The summed E-state index contributed by atoms with van der Waals surface area (Å²) in [5, 5.41) is 8.93. The quantitative estimate of drug-likeness (QED) is 0.0831. The van der Waals surface area contributed by atoms with E-state index in [2.05, 4.69) is 16.0 Å². The van der Waals surface area contributed by atoms with E-state index in [-0.39, 0.29) is 66.9 Å². The van der Waals surface area contributed by atoms with Crippen molar-refractivity contribution >= 4 is 29.5 Å². The number of nitrogens with one attached hydrogen (secondary N) is 3. The van der Waals surface area contributed by atoms with Crippen LogP contribution in [0.1, 0.15) is 86.1 Å². The van der Waals surface area contributed by atoms with Crippen molar-refractivity contribution in [3.8, 4) is 0 Å². The number of carbonyl (C=O) groups is 5. The highest BCUT2D eigenvalue weighted by molar-refractivity contribution is 5.90. The predicted octanol–water partition coefficient (Wildman–Crippen LogP) is 2.86. The molecular formula is C47H83N7O9. The Morgan fingerprint density at radius 1 is 0.841 bits per heavy atom. The molecule has 16 heteroatoms. The van der Waals surface area contributed by atoms with Gasteiger partial charge in [-0.2, -0.15) is 0 Å². The Morgan fingerprint density at radius 2 is 1.49 bits per heavy atom. The van der Waals surface area contributed by atoms with Gasteiger partial charge in [-0.15, -0.1) is 0 Å². The van der Waals surface area contributed by atoms with Crippen LogP contribution in [-0.2, 0) is 49.3 Å². The second kappa shape index (κ2) is 29.0. The lowest BCUT2D eigenvalue weighted by Gasteiger charge is -2.41. The molecule has 1 heterocycles. The van der Waals surface area contributed by atoms with Gasteiger partial charge in [0.05, 0.1) is 69.1 Å². The summed E-state index contributed by atoms with van der Waals surface area (Å²) < 4.78 is 23.0. The average Bonchev–Trinajstić information content (AvgIpc) is 3.74. The first-order valence-electron chi connectivity index (χ1n) is 23.0. The number of nitrogens with two attached hydrogens (primary N) is 1. The van der Waals surface area contributed by atoms with E-state index in [1.807, 2.05) is 90.9 Å². The van der Waals surface area contributed by atoms with E-state index < -0.39 is 48.3 Å². The maximum Gasteiger partial charge on any atom is 0.245 e. The third-order valence-electron chi connectivity index (χ3n) is 12.3. The Kier molecular flexibility index (Phi) is 25.5. The van der Waals surface area contributed by atoms with Gasteiger partial charge in [0.25, 0.3) is 0 Å². The van der Waals surface area contributed by atoms with E-state index >= 15 is 0 Å². The number of likely N-dealkylation sites (N-methyl/N-ethyl adjacent to an activating group) is 2. The average molecular weight is 890 g/mol. The highest BCUT2D eigenvalue weighted by atomic mass is 16.5. The Labute approximate surface area is 378 Å². The Morgan fingerprint density at radius 3 is 2.05 bits per heavy atom. The normalized spacial score (nSPS) is 18.0. The summed E-state index contributed by atoms with van der Waals surface area (Å²) in [6.45, 7) is 16.3. The van der Waals surface area contributed by atoms with Crippen molar-refractivity contribution in [2.75, 3.05) is 81.4 Å². The molecule has 0 bridgehead atoms. The Bertz CT molecular complexity index is 1510. The van der Waals surface area contributed by atoms with Gasteiger partial charge >= 0.3 is 0 Å². The molecule has 1 aromatic carbocycles. The molecule has 0 aromatic heterocycles. The smallest absolute Gasteiger partial charge is 0.245 e. The molecule has 1 aromatic rings. The van der Waals surface area contributed by atoms with Crippen LogP contribution < -0.4 is 21.7 Å². The van der Waals surface area contributed by atoms with Crippen molar-refractivity contribution < 1.29 is 42.9 Å². The SMILES string of the molecule is CC[C@H](C)[C@@H]([C@@H](CC(=O)N1CCC[C@H]1[C@H](OC)[C@@H](C)C(=O)N[C@H](CCc1ccccc1)C(=O)NCCOCCOCCN)OC)N(C)C(=O)[C@H](NC(=O)[C@H](C(C)C)N(C)C)C(C)C. The number of hydrogen-bond donors (Lipinski definition) is 4. The fourth-order valence-electron chi connectivity index (χ4n) is 8.71. The molecule has 2 rings (SSSR count). The molecule has 0 saturated carbocycles. The van der Waals surface area contributed by atoms with Crippen LogP contribution in [0.2, 0.25) is 0 Å². The monoisotopic (exact) mass is 890 g/mol. The van der Waals surface area contributed by atoms with Crippen molar-refractivity contribution in [2.45, 2.75) is 129 Å². The zero-order valence-electron chi connectivity index (χ0n) is 40.5. The van der Waals surface area contributed by atoms with E-state index in [9.17, 15) is 24.0 Å². The first kappa shape index (κ1) is 55.5. The first-order chi connectivity index (χ1) is 29.9. The van der Waals surface area contributed by atoms with Crippen LogP contribution >= 0.6 is 0 Å². The zero-order chi connectivity index (χ0) is 47.2. The summed E-state index contributed by atoms with van der Waals surface area (Å²) >= 11 is 0. The van der Waals surface area contributed by atoms with Gasteiger partial charge < -0.3 is 50.4 Å². The second-order valence-corrected chi connectivity index (χ2v) is 17.9. The van der Waals surface area contributed by atoms with Crippen LogP contribution in [0.5, 0.6) is 0 Å². The van der Waals surface area contributed by atoms with Gasteiger partial charge in [0.1, 0.15) is 12.1 Å². The third kappa shape index (κ3) is 17.3. The van der Waals surface area contributed by atoms with Gasteiger partial charge in [-0.3, -0.25) is 28.9 Å². The van der Waals surface area contributed by atoms with E-state index in [0.29, 0.717) is 52.2 Å². The van der Waals surface area contributed by atoms with Gasteiger partial charge in [0.2, 0.25) is 29.5 Å². The van der Waals surface area contributed by atoms with Gasteiger partial charge in [0, 0.05) is 40.9 Å². The summed E-state index contributed by atoms with van der Waals surface area (Å²) in [6, 6.07) is 6.88. The second-order valence-electron chi connectivity index (χ2n) is 17.9. The molecule has 0 radical (unpaired) electrons. The van der Waals surface area contributed by atoms with E-state index in [1.54, 1.807) is 38.0 Å². The number of rotatable bonds is 30. The van der Waals surface area contributed by atoms with E-state index in [4.69, 9.17) is 24.7 Å². The fourth-order valence-corrected chi connectivity index (χ4v) is 8.71. The molecule has 1 saturated heterocycles. The topological polar surface area (TPSA) is 194 Å². The summed E-state index contributed by atoms with van der Waals surface area (Å²) in [4.78, 5) is 75.1. The van der Waals surface area contributed by atoms with Crippen molar-refractivity contribution in [2.24, 2.45) is 29.4 Å². The molecule has 5 amide bonds. The van der Waals surface area contributed by atoms with Crippen LogP contribution in [0.4, 0.5) is 0 Å². The molecule has 63 heavy (non-hydrogen) atoms. The number of aryl methyl sites for hydroxylation is 1. The summed E-state index contributed by atoms with van der Waals surface area (Å²) in [5.74, 6) is -2.21. The van der Waals surface area contributed by atoms with Gasteiger partial charge in [-0.1, -0.05) is 85.2 Å². The van der Waals surface area contributed by atoms with Crippen molar-refractivity contribution in [3.05, 3.63) is 35.9 Å². The van der Waals surface area contributed by atoms with Gasteiger partial charge in [0.15, 0.2) is 0 Å². The molecule has 5 N–H and O–H groups in total. The molecule has 16 nitrogen and oxygen atoms in total. The minimum atomic E-state index is -0.820. The van der Waals surface area contributed by atoms with Crippen LogP contribution in [0.25, 0.3) is 0 Å². The number of nitrogens with zero attached hydrogens (tertiary/aromatic N) is 3. The molecule has 0 spiro atoms. The maximum atomic E-state index is 14.4. The molecule has 0 aliphatic carbocycles. The Hall–Kier alpha value is -3.67. The summed E-state index contributed by atoms with van der Waals surface area (Å²) in [5.41, 5.74) is 6.49. The molecule has 0 unspecified atom stereocenters. The lowest BCUT2D eigenvalue weighted by atomic mass is 9.89. The zero-order valence-corrected chi connectivity index (χ0v) is 40.5. The number of methoxy groups -OCH3 is 2. The molecule has 1 aliphatic heterocycles. The first-order valence-corrected chi connectivity index (χ1v) is 23.0.